The summed E-state index contributed by atoms with van der Waals surface area (Å²) in [6.07, 6.45) is 2.64. The van der Waals surface area contributed by atoms with E-state index in [1.807, 2.05) is 42.5 Å². The second-order valence-electron chi connectivity index (χ2n) is 10.7. The Bertz CT molecular complexity index is 1540. The van der Waals surface area contributed by atoms with Crippen LogP contribution in [0.4, 0.5) is 0 Å². The minimum Gasteiger partial charge on any atom is -0.457 e. The number of unbranched alkanes of at least 4 members (excludes halogenated alkanes) is 1. The van der Waals surface area contributed by atoms with Crippen LogP contribution in [0.25, 0.3) is 0 Å². The summed E-state index contributed by atoms with van der Waals surface area (Å²) in [5, 5.41) is 2.97. The molecule has 2 atom stereocenters. The van der Waals surface area contributed by atoms with Gasteiger partial charge in [-0.05, 0) is 87.2 Å². The largest absolute Gasteiger partial charge is 0.457 e. The molecule has 45 heavy (non-hydrogen) atoms. The number of nitrogens with two attached hydrogens (primary N) is 1. The first kappa shape index (κ1) is 31.8. The van der Waals surface area contributed by atoms with Crippen molar-refractivity contribution >= 4 is 19.4 Å². The first-order valence-electron chi connectivity index (χ1n) is 15.2. The van der Waals surface area contributed by atoms with E-state index in [4.69, 9.17) is 19.5 Å². The lowest BCUT2D eigenvalue weighted by Crippen LogP contribution is -2.49. The lowest BCUT2D eigenvalue weighted by Gasteiger charge is -2.31. The summed E-state index contributed by atoms with van der Waals surface area (Å²) in [5.74, 6) is -0.0391. The van der Waals surface area contributed by atoms with Crippen LogP contribution in [-0.2, 0) is 9.36 Å². The average molecular weight is 628 g/mol. The highest BCUT2D eigenvalue weighted by Gasteiger charge is 2.43. The summed E-state index contributed by atoms with van der Waals surface area (Å²) in [6.45, 7) is 0.840. The number of likely N-dealkylation sites (tertiary alicyclic amines) is 1. The molecule has 1 heterocycles. The molecule has 5 rings (SSSR count). The number of nitrogens with zero attached hydrogens (tertiary/aromatic N) is 1. The Balaban J connectivity index is 1.39. The standard InChI is InChI=1S/C35H38N3O6P/c36-25-13-12-24-33(45(41,43-28-17-6-2-7-18-28)44-29-19-8-3-9-20-29)37-34(39)31-22-14-26-38(31)35(40)30-21-10-11-23-32(30)42-27-15-4-1-5-16-27/h1-11,15-21,23,31,33H,12-14,22,24-26,36H2,(H,37,39). The quantitative estimate of drug-likeness (QED) is 0.114. The topological polar surface area (TPSA) is 120 Å². The van der Waals surface area contributed by atoms with Crippen LogP contribution in [0.3, 0.4) is 0 Å². The highest BCUT2D eigenvalue weighted by molar-refractivity contribution is 7.55. The van der Waals surface area contributed by atoms with Gasteiger partial charge < -0.3 is 29.7 Å². The average Bonchev–Trinajstić information content (AvgIpc) is 3.56. The van der Waals surface area contributed by atoms with Gasteiger partial charge in [0.05, 0.1) is 5.56 Å². The van der Waals surface area contributed by atoms with E-state index in [0.717, 1.165) is 0 Å². The van der Waals surface area contributed by atoms with Gasteiger partial charge in [-0.3, -0.25) is 9.59 Å². The van der Waals surface area contributed by atoms with Crippen molar-refractivity contribution < 1.29 is 27.9 Å². The number of ether oxygens (including phenoxy) is 1. The first-order valence-corrected chi connectivity index (χ1v) is 16.8. The monoisotopic (exact) mass is 627 g/mol. The summed E-state index contributed by atoms with van der Waals surface area (Å²) in [6, 6.07) is 32.9. The van der Waals surface area contributed by atoms with Gasteiger partial charge in [-0.2, -0.15) is 0 Å². The van der Waals surface area contributed by atoms with Crippen molar-refractivity contribution in [2.45, 2.75) is 43.9 Å². The Morgan fingerprint density at radius 3 is 1.96 bits per heavy atom. The zero-order valence-corrected chi connectivity index (χ0v) is 25.9. The van der Waals surface area contributed by atoms with Gasteiger partial charge in [0.15, 0.2) is 5.78 Å². The van der Waals surface area contributed by atoms with E-state index in [0.29, 0.717) is 73.8 Å². The number of carbonyl (C=O) groups excluding carboxylic acids is 2. The molecular weight excluding hydrogens is 589 g/mol. The number of benzene rings is 4. The fraction of sp³-hybridized carbons (Fsp3) is 0.257. The molecular formula is C35H38N3O6P. The van der Waals surface area contributed by atoms with Crippen LogP contribution in [-0.4, -0.2) is 41.6 Å². The van der Waals surface area contributed by atoms with Crippen LogP contribution in [0.1, 0.15) is 42.5 Å². The molecule has 0 spiro atoms. The molecule has 10 heteroatoms. The molecule has 2 unspecified atom stereocenters. The fourth-order valence-electron chi connectivity index (χ4n) is 5.24. The third kappa shape index (κ3) is 8.32. The van der Waals surface area contributed by atoms with Crippen LogP contribution in [0, 0.1) is 0 Å². The van der Waals surface area contributed by atoms with Gasteiger partial charge in [-0.1, -0.05) is 66.7 Å². The number of para-hydroxylation sites is 4. The molecule has 0 aliphatic carbocycles. The molecule has 1 saturated heterocycles. The Morgan fingerprint density at radius 2 is 1.36 bits per heavy atom. The van der Waals surface area contributed by atoms with Crippen molar-refractivity contribution in [2.75, 3.05) is 13.1 Å². The van der Waals surface area contributed by atoms with Gasteiger partial charge in [-0.15, -0.1) is 0 Å². The van der Waals surface area contributed by atoms with Gasteiger partial charge in [0.2, 0.25) is 5.91 Å². The molecule has 1 aliphatic heterocycles. The number of hydrogen-bond acceptors (Lipinski definition) is 7. The van der Waals surface area contributed by atoms with Crippen LogP contribution in [0.2, 0.25) is 0 Å². The Kier molecular flexibility index (Phi) is 10.9. The lowest BCUT2D eigenvalue weighted by molar-refractivity contribution is -0.125. The molecule has 0 aromatic heterocycles. The lowest BCUT2D eigenvalue weighted by atomic mass is 10.1. The Hall–Kier alpha value is -4.59. The molecule has 1 fully saturated rings. The van der Waals surface area contributed by atoms with Crippen molar-refractivity contribution in [2.24, 2.45) is 5.73 Å². The third-order valence-corrected chi connectivity index (χ3v) is 9.56. The van der Waals surface area contributed by atoms with E-state index in [1.165, 1.54) is 0 Å². The summed E-state index contributed by atoms with van der Waals surface area (Å²) >= 11 is 0. The number of hydrogen-bond donors (Lipinski definition) is 2. The highest BCUT2D eigenvalue weighted by atomic mass is 31.2. The third-order valence-electron chi connectivity index (χ3n) is 7.48. The van der Waals surface area contributed by atoms with Gasteiger partial charge in [0.1, 0.15) is 29.0 Å². The second-order valence-corrected chi connectivity index (χ2v) is 12.8. The number of carbonyl (C=O) groups is 2. The van der Waals surface area contributed by atoms with Gasteiger partial charge in [0.25, 0.3) is 5.91 Å². The Morgan fingerprint density at radius 1 is 0.800 bits per heavy atom. The minimum atomic E-state index is -4.05. The maximum absolute atomic E-state index is 14.7. The molecule has 1 aliphatic rings. The van der Waals surface area contributed by atoms with E-state index < -0.39 is 25.3 Å². The van der Waals surface area contributed by atoms with Crippen LogP contribution in [0.5, 0.6) is 23.0 Å². The second kappa shape index (κ2) is 15.4. The van der Waals surface area contributed by atoms with Gasteiger partial charge in [-0.25, -0.2) is 4.57 Å². The summed E-state index contributed by atoms with van der Waals surface area (Å²) in [4.78, 5) is 29.4. The van der Waals surface area contributed by atoms with E-state index in [1.54, 1.807) is 77.7 Å². The zero-order chi connectivity index (χ0) is 31.5. The SMILES string of the molecule is NCCCCC(NC(=O)C1CCCN1C(=O)c1ccccc1Oc1ccccc1)P(=O)(Oc1ccccc1)Oc1ccccc1. The highest BCUT2D eigenvalue weighted by Crippen LogP contribution is 2.53. The Labute approximate surface area is 263 Å². The van der Waals surface area contributed by atoms with E-state index in [-0.39, 0.29) is 5.91 Å². The van der Waals surface area contributed by atoms with E-state index in [2.05, 4.69) is 5.32 Å². The van der Waals surface area contributed by atoms with E-state index in [9.17, 15) is 14.2 Å². The predicted octanol–water partition coefficient (Wildman–Crippen LogP) is 7.01. The molecule has 0 bridgehead atoms. The molecule has 234 valence electrons. The summed E-state index contributed by atoms with van der Waals surface area (Å²) < 4.78 is 32.8. The molecule has 3 N–H and O–H groups in total. The minimum absolute atomic E-state index is 0.300. The molecule has 4 aromatic rings. The fourth-order valence-corrected chi connectivity index (χ4v) is 7.15. The van der Waals surface area contributed by atoms with E-state index >= 15 is 0 Å². The molecule has 9 nitrogen and oxygen atoms in total. The maximum atomic E-state index is 14.7. The predicted molar refractivity (Wildman–Crippen MR) is 174 cm³/mol. The molecule has 4 aromatic carbocycles. The maximum Gasteiger partial charge on any atom is 0.452 e. The molecule has 0 radical (unpaired) electrons. The molecule has 0 saturated carbocycles. The van der Waals surface area contributed by atoms with Gasteiger partial charge in [0, 0.05) is 6.54 Å². The van der Waals surface area contributed by atoms with Crippen LogP contribution in [0.15, 0.2) is 115 Å². The van der Waals surface area contributed by atoms with Crippen LogP contribution < -0.4 is 24.8 Å². The summed E-state index contributed by atoms with van der Waals surface area (Å²) in [5.41, 5.74) is 6.12. The number of nitrogens with one attached hydrogen (secondary N) is 1. The van der Waals surface area contributed by atoms with Crippen molar-refractivity contribution in [1.29, 1.82) is 0 Å². The van der Waals surface area contributed by atoms with Gasteiger partial charge >= 0.3 is 7.60 Å². The zero-order valence-electron chi connectivity index (χ0n) is 25.0. The van der Waals surface area contributed by atoms with Crippen LogP contribution >= 0.6 is 7.60 Å². The number of amides is 2. The van der Waals surface area contributed by atoms with Crippen molar-refractivity contribution in [3.63, 3.8) is 0 Å². The van der Waals surface area contributed by atoms with Crippen molar-refractivity contribution in [1.82, 2.24) is 10.2 Å². The van der Waals surface area contributed by atoms with Crippen molar-refractivity contribution in [3.05, 3.63) is 121 Å². The smallest absolute Gasteiger partial charge is 0.452 e. The first-order chi connectivity index (χ1) is 22.0. The summed E-state index contributed by atoms with van der Waals surface area (Å²) in [7, 11) is -4.05. The van der Waals surface area contributed by atoms with Crippen molar-refractivity contribution in [3.8, 4) is 23.0 Å². The number of rotatable bonds is 14. The molecule has 2 amide bonds. The normalized spacial score (nSPS) is 15.2.